The van der Waals surface area contributed by atoms with E-state index in [2.05, 4.69) is 20.3 Å². The Morgan fingerprint density at radius 3 is 2.73 bits per heavy atom. The third kappa shape index (κ3) is 2.49. The predicted octanol–water partition coefficient (Wildman–Crippen LogP) is 1.50. The molecule has 2 aromatic heterocycles. The minimum atomic E-state index is 0.805. The molecule has 2 heterocycles. The lowest BCUT2D eigenvalue weighted by Gasteiger charge is -2.02. The summed E-state index contributed by atoms with van der Waals surface area (Å²) < 4.78 is 0. The number of nitrogens with zero attached hydrogens (tertiary/aromatic N) is 3. The highest BCUT2D eigenvalue weighted by molar-refractivity contribution is 5.35. The summed E-state index contributed by atoms with van der Waals surface area (Å²) in [5.41, 5.74) is 2.20. The number of nitrogens with one attached hydrogen (secondary N) is 1. The van der Waals surface area contributed by atoms with Gasteiger partial charge in [0.05, 0.1) is 5.69 Å². The molecule has 0 saturated heterocycles. The van der Waals surface area contributed by atoms with Gasteiger partial charge in [-0.05, 0) is 17.7 Å². The first kappa shape index (κ1) is 9.58. The molecule has 0 amide bonds. The highest BCUT2D eigenvalue weighted by Gasteiger charge is 1.98. The van der Waals surface area contributed by atoms with Crippen LogP contribution in [0.5, 0.6) is 0 Å². The van der Waals surface area contributed by atoms with Crippen molar-refractivity contribution < 1.29 is 0 Å². The third-order valence-electron chi connectivity index (χ3n) is 2.11. The molecule has 2 aromatic rings. The maximum atomic E-state index is 4.21. The van der Waals surface area contributed by atoms with Crippen LogP contribution in [-0.2, 0) is 6.42 Å². The molecule has 0 fully saturated rings. The molecular weight excluding hydrogens is 188 g/mol. The first-order valence-corrected chi connectivity index (χ1v) is 4.76. The summed E-state index contributed by atoms with van der Waals surface area (Å²) in [7, 11) is 1.85. The highest BCUT2D eigenvalue weighted by Crippen LogP contribution is 2.08. The monoisotopic (exact) mass is 200 g/mol. The minimum absolute atomic E-state index is 0.805. The Labute approximate surface area is 88.4 Å². The van der Waals surface area contributed by atoms with Gasteiger partial charge in [-0.25, -0.2) is 9.97 Å². The lowest BCUT2D eigenvalue weighted by atomic mass is 10.1. The molecule has 0 aliphatic rings. The van der Waals surface area contributed by atoms with Gasteiger partial charge in [-0.3, -0.25) is 4.98 Å². The van der Waals surface area contributed by atoms with Gasteiger partial charge in [-0.2, -0.15) is 0 Å². The molecule has 76 valence electrons. The quantitative estimate of drug-likeness (QED) is 0.815. The van der Waals surface area contributed by atoms with E-state index in [9.17, 15) is 0 Å². The Hall–Kier alpha value is -1.97. The second-order valence-electron chi connectivity index (χ2n) is 3.18. The lowest BCUT2D eigenvalue weighted by molar-refractivity contribution is 1.02. The summed E-state index contributed by atoms with van der Waals surface area (Å²) >= 11 is 0. The van der Waals surface area contributed by atoms with Gasteiger partial charge in [0.1, 0.15) is 12.1 Å². The molecule has 4 nitrogen and oxygen atoms in total. The van der Waals surface area contributed by atoms with E-state index in [4.69, 9.17) is 0 Å². The van der Waals surface area contributed by atoms with Gasteiger partial charge in [-0.15, -0.1) is 0 Å². The summed E-state index contributed by atoms with van der Waals surface area (Å²) in [5, 5.41) is 2.99. The average Bonchev–Trinajstić information content (AvgIpc) is 2.31. The minimum Gasteiger partial charge on any atom is -0.373 e. The number of hydrogen-bond acceptors (Lipinski definition) is 4. The standard InChI is InChI=1S/C11H12N4/c1-12-11-7-10(14-8-15-11)6-9-2-4-13-5-3-9/h2-5,7-8H,6H2,1H3,(H,12,14,15). The Bertz CT molecular complexity index is 428. The van der Waals surface area contributed by atoms with Crippen LogP contribution in [0.15, 0.2) is 36.9 Å². The zero-order valence-corrected chi connectivity index (χ0v) is 8.51. The fraction of sp³-hybridized carbons (Fsp3) is 0.182. The van der Waals surface area contributed by atoms with Crippen LogP contribution < -0.4 is 5.32 Å². The topological polar surface area (TPSA) is 50.7 Å². The highest BCUT2D eigenvalue weighted by atomic mass is 15.0. The van der Waals surface area contributed by atoms with Crippen molar-refractivity contribution in [3.05, 3.63) is 48.2 Å². The molecule has 0 radical (unpaired) electrons. The van der Waals surface area contributed by atoms with E-state index in [1.165, 1.54) is 5.56 Å². The van der Waals surface area contributed by atoms with Gasteiger partial charge in [0.2, 0.25) is 0 Å². The van der Waals surface area contributed by atoms with Crippen molar-refractivity contribution in [3.8, 4) is 0 Å². The van der Waals surface area contributed by atoms with Gasteiger partial charge in [0.25, 0.3) is 0 Å². The maximum Gasteiger partial charge on any atom is 0.129 e. The van der Waals surface area contributed by atoms with Crippen LogP contribution in [0.3, 0.4) is 0 Å². The van der Waals surface area contributed by atoms with E-state index in [1.807, 2.05) is 25.2 Å². The number of pyridine rings is 1. The van der Waals surface area contributed by atoms with Crippen LogP contribution in [0.25, 0.3) is 0 Å². The van der Waals surface area contributed by atoms with Crippen LogP contribution in [0.1, 0.15) is 11.3 Å². The lowest BCUT2D eigenvalue weighted by Crippen LogP contribution is -1.97. The molecule has 4 heteroatoms. The Morgan fingerprint density at radius 1 is 1.20 bits per heavy atom. The molecule has 0 saturated carbocycles. The summed E-state index contributed by atoms with van der Waals surface area (Å²) in [6, 6.07) is 5.92. The van der Waals surface area contributed by atoms with Crippen LogP contribution in [0.2, 0.25) is 0 Å². The Kier molecular flexibility index (Phi) is 2.88. The number of hydrogen-bond donors (Lipinski definition) is 1. The normalized spacial score (nSPS) is 9.93. The smallest absolute Gasteiger partial charge is 0.129 e. The molecule has 0 unspecified atom stereocenters. The molecule has 15 heavy (non-hydrogen) atoms. The summed E-state index contributed by atoms with van der Waals surface area (Å²) in [5.74, 6) is 0.842. The van der Waals surface area contributed by atoms with Crippen molar-refractivity contribution in [2.75, 3.05) is 12.4 Å². The van der Waals surface area contributed by atoms with Crippen molar-refractivity contribution in [2.45, 2.75) is 6.42 Å². The summed E-state index contributed by atoms with van der Waals surface area (Å²) in [6.45, 7) is 0. The number of rotatable bonds is 3. The molecule has 0 atom stereocenters. The molecular formula is C11H12N4. The first-order valence-electron chi connectivity index (χ1n) is 4.76. The maximum absolute atomic E-state index is 4.21. The Balaban J connectivity index is 2.17. The van der Waals surface area contributed by atoms with Crippen molar-refractivity contribution in [3.63, 3.8) is 0 Å². The molecule has 2 rings (SSSR count). The fourth-order valence-electron chi connectivity index (χ4n) is 1.34. The van der Waals surface area contributed by atoms with Gasteiger partial charge in [0.15, 0.2) is 0 Å². The van der Waals surface area contributed by atoms with E-state index in [1.54, 1.807) is 18.7 Å². The van der Waals surface area contributed by atoms with Crippen LogP contribution in [0.4, 0.5) is 5.82 Å². The second kappa shape index (κ2) is 4.50. The fourth-order valence-corrected chi connectivity index (χ4v) is 1.34. The van der Waals surface area contributed by atoms with Crippen LogP contribution >= 0.6 is 0 Å². The molecule has 0 aromatic carbocycles. The van der Waals surface area contributed by atoms with E-state index < -0.39 is 0 Å². The van der Waals surface area contributed by atoms with Crippen LogP contribution in [-0.4, -0.2) is 22.0 Å². The third-order valence-corrected chi connectivity index (χ3v) is 2.11. The largest absolute Gasteiger partial charge is 0.373 e. The van der Waals surface area contributed by atoms with E-state index >= 15 is 0 Å². The van der Waals surface area contributed by atoms with Crippen LogP contribution in [0, 0.1) is 0 Å². The zero-order chi connectivity index (χ0) is 10.5. The van der Waals surface area contributed by atoms with Crippen molar-refractivity contribution >= 4 is 5.82 Å². The first-order chi connectivity index (χ1) is 7.38. The summed E-state index contributed by atoms with van der Waals surface area (Å²) in [6.07, 6.45) is 5.95. The average molecular weight is 200 g/mol. The van der Waals surface area contributed by atoms with Crippen molar-refractivity contribution in [1.82, 2.24) is 15.0 Å². The molecule has 0 aliphatic carbocycles. The predicted molar refractivity (Wildman–Crippen MR) is 58.6 cm³/mol. The molecule has 0 aliphatic heterocycles. The zero-order valence-electron chi connectivity index (χ0n) is 8.51. The van der Waals surface area contributed by atoms with Gasteiger partial charge >= 0.3 is 0 Å². The van der Waals surface area contributed by atoms with E-state index in [0.717, 1.165) is 17.9 Å². The summed E-state index contributed by atoms with van der Waals surface area (Å²) in [4.78, 5) is 12.3. The van der Waals surface area contributed by atoms with Gasteiger partial charge in [-0.1, -0.05) is 0 Å². The number of anilines is 1. The van der Waals surface area contributed by atoms with Crippen molar-refractivity contribution in [2.24, 2.45) is 0 Å². The van der Waals surface area contributed by atoms with Gasteiger partial charge in [0, 0.05) is 31.9 Å². The van der Waals surface area contributed by atoms with E-state index in [-0.39, 0.29) is 0 Å². The Morgan fingerprint density at radius 2 is 2.00 bits per heavy atom. The molecule has 1 N–H and O–H groups in total. The molecule has 0 spiro atoms. The van der Waals surface area contributed by atoms with Gasteiger partial charge < -0.3 is 5.32 Å². The molecule has 0 bridgehead atoms. The van der Waals surface area contributed by atoms with E-state index in [0.29, 0.717) is 0 Å². The van der Waals surface area contributed by atoms with Crippen molar-refractivity contribution in [1.29, 1.82) is 0 Å². The number of aromatic nitrogens is 3. The SMILES string of the molecule is CNc1cc(Cc2ccncc2)ncn1. The second-order valence-corrected chi connectivity index (χ2v) is 3.18.